The molecule has 3 aliphatic rings. The van der Waals surface area contributed by atoms with Gasteiger partial charge in [0.25, 0.3) is 12.8 Å². The molecule has 0 bridgehead atoms. The standard InChI is InChI=1S/C28H19BN4O7/c30-11-29-8-23(34)31-14-3-1-13(2-4-14)24-16-6-21-22(40-12-39-21)7-19(16)32-25-17(24)9-33-20(25)5-15-18(27(33)36)10-38-28(37)26(15)35/h1-7,26,29,35H,8-10,12H2,(H,31,34)/t26-/m0/s1. The predicted octanol–water partition coefficient (Wildman–Crippen LogP) is 2.19. The van der Waals surface area contributed by atoms with Crippen LogP contribution in [0.4, 0.5) is 5.69 Å². The minimum atomic E-state index is -1.55. The summed E-state index contributed by atoms with van der Waals surface area (Å²) in [5, 5.41) is 22.8. The van der Waals surface area contributed by atoms with E-state index in [1.807, 2.05) is 24.2 Å². The minimum Gasteiger partial charge on any atom is -0.458 e. The van der Waals surface area contributed by atoms with Crippen LogP contribution in [-0.4, -0.2) is 40.6 Å². The number of nitrogens with zero attached hydrogens (tertiary/aromatic N) is 3. The van der Waals surface area contributed by atoms with Crippen molar-refractivity contribution < 1.29 is 28.9 Å². The van der Waals surface area contributed by atoms with Crippen LogP contribution in [0.25, 0.3) is 33.4 Å². The van der Waals surface area contributed by atoms with Crippen molar-refractivity contribution in [1.29, 1.82) is 5.26 Å². The van der Waals surface area contributed by atoms with Crippen molar-refractivity contribution in [3.63, 3.8) is 0 Å². The van der Waals surface area contributed by atoms with E-state index in [-0.39, 0.29) is 56.1 Å². The highest BCUT2D eigenvalue weighted by Crippen LogP contribution is 2.45. The van der Waals surface area contributed by atoms with Gasteiger partial charge >= 0.3 is 5.97 Å². The van der Waals surface area contributed by atoms with Crippen LogP contribution in [-0.2, 0) is 27.5 Å². The molecule has 0 aliphatic carbocycles. The van der Waals surface area contributed by atoms with Gasteiger partial charge in [-0.1, -0.05) is 12.1 Å². The molecule has 0 unspecified atom stereocenters. The fraction of sp³-hybridized carbons (Fsp3) is 0.179. The van der Waals surface area contributed by atoms with E-state index >= 15 is 0 Å². The summed E-state index contributed by atoms with van der Waals surface area (Å²) in [6.07, 6.45) is -1.44. The summed E-state index contributed by atoms with van der Waals surface area (Å²) < 4.78 is 17.8. The predicted molar refractivity (Wildman–Crippen MR) is 143 cm³/mol. The molecule has 0 fully saturated rings. The number of hydrogen-bond donors (Lipinski definition) is 2. The number of aromatic nitrogens is 2. The van der Waals surface area contributed by atoms with Crippen LogP contribution < -0.4 is 20.3 Å². The number of aliphatic hydroxyl groups is 1. The highest BCUT2D eigenvalue weighted by molar-refractivity contribution is 6.50. The maximum atomic E-state index is 13.5. The molecule has 0 spiro atoms. The van der Waals surface area contributed by atoms with Crippen LogP contribution in [0.5, 0.6) is 11.5 Å². The second-order valence-electron chi connectivity index (χ2n) is 9.69. The first-order chi connectivity index (χ1) is 19.4. The van der Waals surface area contributed by atoms with Crippen LogP contribution >= 0.6 is 0 Å². The molecule has 5 heterocycles. The van der Waals surface area contributed by atoms with Crippen molar-refractivity contribution in [2.45, 2.75) is 25.6 Å². The average molecular weight is 534 g/mol. The Morgan fingerprint density at radius 2 is 1.90 bits per heavy atom. The highest BCUT2D eigenvalue weighted by atomic mass is 16.7. The number of cyclic esters (lactones) is 1. The summed E-state index contributed by atoms with van der Waals surface area (Å²) in [5.41, 5.74) is 4.82. The van der Waals surface area contributed by atoms with Gasteiger partial charge in [0.1, 0.15) is 6.61 Å². The topological polar surface area (TPSA) is 153 Å². The molecule has 0 radical (unpaired) electrons. The van der Waals surface area contributed by atoms with Gasteiger partial charge in [0.2, 0.25) is 12.7 Å². The van der Waals surface area contributed by atoms with Gasteiger partial charge in [0, 0.05) is 34.6 Å². The van der Waals surface area contributed by atoms with Crippen LogP contribution in [0.1, 0.15) is 22.8 Å². The molecule has 196 valence electrons. The average Bonchev–Trinajstić information content (AvgIpc) is 3.56. The quantitative estimate of drug-likeness (QED) is 0.261. The third-order valence-corrected chi connectivity index (χ3v) is 7.37. The molecule has 11 nitrogen and oxygen atoms in total. The van der Waals surface area contributed by atoms with E-state index in [1.54, 1.807) is 28.8 Å². The Bertz CT molecular complexity index is 1880. The smallest absolute Gasteiger partial charge is 0.340 e. The first-order valence-electron chi connectivity index (χ1n) is 12.6. The zero-order valence-corrected chi connectivity index (χ0v) is 20.9. The Morgan fingerprint density at radius 3 is 2.67 bits per heavy atom. The third kappa shape index (κ3) is 3.63. The van der Waals surface area contributed by atoms with Gasteiger partial charge in [0.05, 0.1) is 29.0 Å². The highest BCUT2D eigenvalue weighted by Gasteiger charge is 2.35. The molecule has 7 rings (SSSR count). The molecule has 1 amide bonds. The maximum Gasteiger partial charge on any atom is 0.340 e. The first-order valence-corrected chi connectivity index (χ1v) is 12.6. The number of amides is 1. The van der Waals surface area contributed by atoms with Crippen molar-refractivity contribution in [2.75, 3.05) is 12.1 Å². The molecule has 4 aromatic rings. The monoisotopic (exact) mass is 534 g/mol. The second kappa shape index (κ2) is 8.96. The van der Waals surface area contributed by atoms with Gasteiger partial charge < -0.3 is 29.2 Å². The Kier molecular flexibility index (Phi) is 5.36. The first kappa shape index (κ1) is 23.9. The summed E-state index contributed by atoms with van der Waals surface area (Å²) in [6, 6.07) is 12.6. The van der Waals surface area contributed by atoms with Crippen molar-refractivity contribution in [1.82, 2.24) is 9.55 Å². The molecular formula is C28H19BN4O7. The van der Waals surface area contributed by atoms with Crippen molar-refractivity contribution in [3.8, 4) is 40.0 Å². The van der Waals surface area contributed by atoms with Gasteiger partial charge in [-0.15, -0.1) is 0 Å². The van der Waals surface area contributed by atoms with E-state index in [0.29, 0.717) is 34.1 Å². The largest absolute Gasteiger partial charge is 0.458 e. The van der Waals surface area contributed by atoms with Crippen molar-refractivity contribution in [2.24, 2.45) is 0 Å². The Labute approximate surface area is 226 Å². The summed E-state index contributed by atoms with van der Waals surface area (Å²) in [5.74, 6) is 2.05. The van der Waals surface area contributed by atoms with E-state index in [4.69, 9.17) is 24.5 Å². The fourth-order valence-electron chi connectivity index (χ4n) is 5.46. The normalized spacial score (nSPS) is 16.0. The molecule has 40 heavy (non-hydrogen) atoms. The van der Waals surface area contributed by atoms with E-state index < -0.39 is 12.1 Å². The lowest BCUT2D eigenvalue weighted by Crippen LogP contribution is -2.32. The van der Waals surface area contributed by atoms with Gasteiger partial charge in [-0.25, -0.2) is 15.0 Å². The van der Waals surface area contributed by atoms with E-state index in [1.165, 1.54) is 0 Å². The number of hydrogen-bond acceptors (Lipinski definition) is 9. The number of rotatable bonds is 4. The molecule has 1 atom stereocenters. The van der Waals surface area contributed by atoms with Crippen molar-refractivity contribution >= 4 is 35.7 Å². The van der Waals surface area contributed by atoms with Crippen molar-refractivity contribution in [3.05, 3.63) is 69.5 Å². The molecule has 2 aromatic heterocycles. The zero-order chi connectivity index (χ0) is 27.5. The Balaban J connectivity index is 1.40. The molecule has 12 heteroatoms. The molecule has 0 saturated carbocycles. The van der Waals surface area contributed by atoms with Crippen LogP contribution in [0.3, 0.4) is 0 Å². The van der Waals surface area contributed by atoms with E-state index in [9.17, 15) is 19.5 Å². The second-order valence-corrected chi connectivity index (χ2v) is 9.69. The number of anilines is 1. The van der Waals surface area contributed by atoms with Crippen LogP contribution in [0, 0.1) is 11.2 Å². The van der Waals surface area contributed by atoms with Gasteiger partial charge in [-0.3, -0.25) is 9.59 Å². The number of esters is 1. The summed E-state index contributed by atoms with van der Waals surface area (Å²) in [6.45, 7) is 0.116. The number of nitrogens with one attached hydrogen (secondary N) is 1. The Hall–Kier alpha value is -5.15. The number of aliphatic hydroxyl groups excluding tert-OH is 1. The SMILES string of the molecule is N#CBCC(=O)Nc1ccc(-c2c3c(nc4cc5c(cc24)OCO5)-c2cc4c(c(=O)n2C3)COC(=O)[C@H]4O)cc1. The zero-order valence-electron chi connectivity index (χ0n) is 20.9. The summed E-state index contributed by atoms with van der Waals surface area (Å²) in [7, 11) is 0.135. The number of fused-ring (bicyclic) bond motifs is 6. The van der Waals surface area contributed by atoms with Gasteiger partial charge in [0.15, 0.2) is 17.6 Å². The lowest BCUT2D eigenvalue weighted by molar-refractivity contribution is -0.157. The van der Waals surface area contributed by atoms with Gasteiger partial charge in [-0.05, 0) is 41.4 Å². The maximum absolute atomic E-state index is 13.5. The van der Waals surface area contributed by atoms with E-state index in [2.05, 4.69) is 5.32 Å². The number of benzene rings is 2. The fourth-order valence-corrected chi connectivity index (χ4v) is 5.46. The van der Waals surface area contributed by atoms with E-state index in [0.717, 1.165) is 22.1 Å². The summed E-state index contributed by atoms with van der Waals surface area (Å²) >= 11 is 0. The molecule has 0 saturated heterocycles. The third-order valence-electron chi connectivity index (χ3n) is 7.37. The minimum absolute atomic E-state index is 0.0965. The number of pyridine rings is 2. The lowest BCUT2D eigenvalue weighted by atomic mass is 9.77. The van der Waals surface area contributed by atoms with Crippen LogP contribution in [0.15, 0.2) is 47.3 Å². The Morgan fingerprint density at radius 1 is 1.12 bits per heavy atom. The van der Waals surface area contributed by atoms with Crippen LogP contribution in [0.2, 0.25) is 6.32 Å². The van der Waals surface area contributed by atoms with Gasteiger partial charge in [-0.2, -0.15) is 0 Å². The number of ether oxygens (including phenoxy) is 3. The lowest BCUT2D eigenvalue weighted by Gasteiger charge is -2.21. The molecule has 3 aliphatic heterocycles. The number of carbonyl (C=O) groups excluding carboxylic acids is 2. The number of nitriles is 1. The number of carbonyl (C=O) groups is 2. The molecule has 2 N–H and O–H groups in total. The molecular weight excluding hydrogens is 515 g/mol. The summed E-state index contributed by atoms with van der Waals surface area (Å²) in [4.78, 5) is 42.5. The molecule has 2 aromatic carbocycles.